The van der Waals surface area contributed by atoms with Gasteiger partial charge in [-0.1, -0.05) is 23.8 Å². The molecule has 3 nitrogen and oxygen atoms in total. The van der Waals surface area contributed by atoms with Gasteiger partial charge in [-0.05, 0) is 25.0 Å². The summed E-state index contributed by atoms with van der Waals surface area (Å²) >= 11 is 0. The van der Waals surface area contributed by atoms with Gasteiger partial charge >= 0.3 is 5.97 Å². The Balaban J connectivity index is 0.00000196. The summed E-state index contributed by atoms with van der Waals surface area (Å²) in [5, 5.41) is 0. The van der Waals surface area contributed by atoms with E-state index in [2.05, 4.69) is 4.74 Å². The van der Waals surface area contributed by atoms with Crippen molar-refractivity contribution in [2.24, 2.45) is 5.73 Å². The first-order chi connectivity index (χ1) is 6.56. The molecule has 0 amide bonds. The van der Waals surface area contributed by atoms with Crippen molar-refractivity contribution in [1.29, 1.82) is 0 Å². The van der Waals surface area contributed by atoms with Crippen molar-refractivity contribution in [2.75, 3.05) is 7.11 Å². The minimum atomic E-state index is -0.681. The molecule has 0 unspecified atom stereocenters. The number of nitrogens with two attached hydrogens (primary N) is 1. The van der Waals surface area contributed by atoms with Crippen molar-refractivity contribution in [2.45, 2.75) is 19.9 Å². The van der Waals surface area contributed by atoms with Crippen LogP contribution in [0.5, 0.6) is 0 Å². The van der Waals surface area contributed by atoms with Crippen molar-refractivity contribution in [3.8, 4) is 0 Å². The third kappa shape index (κ3) is 3.22. The predicted molar refractivity (Wildman–Crippen MR) is 62.1 cm³/mol. The van der Waals surface area contributed by atoms with Gasteiger partial charge in [0.25, 0.3) is 0 Å². The van der Waals surface area contributed by atoms with Crippen molar-refractivity contribution in [1.82, 2.24) is 0 Å². The van der Waals surface area contributed by atoms with Crippen LogP contribution in [0, 0.1) is 13.8 Å². The Bertz CT molecular complexity index is 352. The number of methoxy groups -OCH3 is 1. The Kier molecular flexibility index (Phi) is 5.33. The predicted octanol–water partition coefficient (Wildman–Crippen LogP) is 1.90. The first-order valence-corrected chi connectivity index (χ1v) is 4.47. The summed E-state index contributed by atoms with van der Waals surface area (Å²) < 4.78 is 4.60. The molecule has 1 atom stereocenters. The van der Waals surface area contributed by atoms with Crippen LogP contribution in [0.4, 0.5) is 0 Å². The van der Waals surface area contributed by atoms with Gasteiger partial charge < -0.3 is 10.5 Å². The smallest absolute Gasteiger partial charge is 0.327 e. The van der Waals surface area contributed by atoms with Crippen molar-refractivity contribution in [3.05, 3.63) is 34.9 Å². The first kappa shape index (κ1) is 13.9. The number of rotatable bonds is 2. The molecule has 0 saturated heterocycles. The van der Waals surface area contributed by atoms with Gasteiger partial charge in [-0.3, -0.25) is 4.79 Å². The summed E-state index contributed by atoms with van der Waals surface area (Å²) in [5.74, 6) is -0.404. The SMILES string of the molecule is COC(=O)[C@@H](N)c1cc(C)ccc1C.Cl. The topological polar surface area (TPSA) is 52.3 Å². The lowest BCUT2D eigenvalue weighted by Crippen LogP contribution is -2.23. The average molecular weight is 230 g/mol. The molecule has 15 heavy (non-hydrogen) atoms. The second-order valence-corrected chi connectivity index (χ2v) is 3.36. The lowest BCUT2D eigenvalue weighted by Gasteiger charge is -2.12. The molecule has 0 aliphatic rings. The fraction of sp³-hybridized carbons (Fsp3) is 0.364. The summed E-state index contributed by atoms with van der Waals surface area (Å²) in [6.45, 7) is 3.89. The maximum atomic E-state index is 11.2. The molecule has 1 aromatic carbocycles. The highest BCUT2D eigenvalue weighted by molar-refractivity contribution is 5.85. The van der Waals surface area contributed by atoms with E-state index in [0.29, 0.717) is 0 Å². The van der Waals surface area contributed by atoms with Crippen molar-refractivity contribution >= 4 is 18.4 Å². The lowest BCUT2D eigenvalue weighted by molar-refractivity contribution is -0.142. The Morgan fingerprint density at radius 1 is 1.40 bits per heavy atom. The third-order valence-electron chi connectivity index (χ3n) is 2.22. The number of benzene rings is 1. The average Bonchev–Trinajstić information content (AvgIpc) is 2.19. The highest BCUT2D eigenvalue weighted by Crippen LogP contribution is 2.18. The van der Waals surface area contributed by atoms with Gasteiger partial charge in [0.15, 0.2) is 0 Å². The van der Waals surface area contributed by atoms with Crippen molar-refractivity contribution < 1.29 is 9.53 Å². The zero-order valence-corrected chi connectivity index (χ0v) is 9.93. The third-order valence-corrected chi connectivity index (χ3v) is 2.22. The van der Waals surface area contributed by atoms with Crippen LogP contribution in [0.2, 0.25) is 0 Å². The van der Waals surface area contributed by atoms with Gasteiger partial charge in [0.1, 0.15) is 6.04 Å². The molecule has 0 radical (unpaired) electrons. The van der Waals surface area contributed by atoms with E-state index >= 15 is 0 Å². The van der Waals surface area contributed by atoms with Crippen LogP contribution in [0.15, 0.2) is 18.2 Å². The van der Waals surface area contributed by atoms with E-state index in [1.807, 2.05) is 32.0 Å². The zero-order valence-electron chi connectivity index (χ0n) is 9.11. The minimum Gasteiger partial charge on any atom is -0.468 e. The van der Waals surface area contributed by atoms with Crippen LogP contribution in [-0.2, 0) is 9.53 Å². The number of hydrogen-bond donors (Lipinski definition) is 1. The van der Waals surface area contributed by atoms with Gasteiger partial charge in [-0.25, -0.2) is 0 Å². The van der Waals surface area contributed by atoms with Crippen LogP contribution in [-0.4, -0.2) is 13.1 Å². The molecule has 2 N–H and O–H groups in total. The Hall–Kier alpha value is -1.06. The molecule has 0 saturated carbocycles. The van der Waals surface area contributed by atoms with Gasteiger partial charge in [0.2, 0.25) is 0 Å². The van der Waals surface area contributed by atoms with E-state index < -0.39 is 12.0 Å². The molecule has 0 fully saturated rings. The fourth-order valence-electron chi connectivity index (χ4n) is 1.35. The molecule has 0 heterocycles. The zero-order chi connectivity index (χ0) is 10.7. The summed E-state index contributed by atoms with van der Waals surface area (Å²) in [6.07, 6.45) is 0. The van der Waals surface area contributed by atoms with Gasteiger partial charge in [-0.2, -0.15) is 0 Å². The maximum Gasteiger partial charge on any atom is 0.327 e. The summed E-state index contributed by atoms with van der Waals surface area (Å²) in [7, 11) is 1.34. The summed E-state index contributed by atoms with van der Waals surface area (Å²) in [6, 6.07) is 5.17. The molecule has 4 heteroatoms. The Morgan fingerprint density at radius 2 is 2.00 bits per heavy atom. The highest BCUT2D eigenvalue weighted by Gasteiger charge is 2.17. The number of carbonyl (C=O) groups is 1. The van der Waals surface area contributed by atoms with Gasteiger partial charge in [-0.15, -0.1) is 12.4 Å². The van der Waals surface area contributed by atoms with E-state index in [1.165, 1.54) is 7.11 Å². The summed E-state index contributed by atoms with van der Waals surface area (Å²) in [5.41, 5.74) is 8.67. The molecule has 84 valence electrons. The lowest BCUT2D eigenvalue weighted by atomic mass is 10.00. The largest absolute Gasteiger partial charge is 0.468 e. The standard InChI is InChI=1S/C11H15NO2.ClH/c1-7-4-5-8(2)9(6-7)10(12)11(13)14-3;/h4-6,10H,12H2,1-3H3;1H/t10-;/m0./s1. The molecule has 0 spiro atoms. The van der Waals surface area contributed by atoms with E-state index in [1.54, 1.807) is 0 Å². The second-order valence-electron chi connectivity index (χ2n) is 3.36. The number of ether oxygens (including phenoxy) is 1. The van der Waals surface area contributed by atoms with Gasteiger partial charge in [0, 0.05) is 0 Å². The molecule has 0 aliphatic heterocycles. The number of halogens is 1. The van der Waals surface area contributed by atoms with Crippen LogP contribution < -0.4 is 5.73 Å². The molecule has 0 aliphatic carbocycles. The highest BCUT2D eigenvalue weighted by atomic mass is 35.5. The number of aryl methyl sites for hydroxylation is 2. The molecular formula is C11H16ClNO2. The first-order valence-electron chi connectivity index (χ1n) is 4.47. The van der Waals surface area contributed by atoms with Crippen LogP contribution in [0.3, 0.4) is 0 Å². The van der Waals surface area contributed by atoms with Crippen molar-refractivity contribution in [3.63, 3.8) is 0 Å². The van der Waals surface area contributed by atoms with Crippen LogP contribution >= 0.6 is 12.4 Å². The van der Waals surface area contributed by atoms with E-state index in [-0.39, 0.29) is 12.4 Å². The van der Waals surface area contributed by atoms with Crippen LogP contribution in [0.1, 0.15) is 22.7 Å². The van der Waals surface area contributed by atoms with E-state index in [0.717, 1.165) is 16.7 Å². The maximum absolute atomic E-state index is 11.2. The monoisotopic (exact) mass is 229 g/mol. The van der Waals surface area contributed by atoms with Gasteiger partial charge in [0.05, 0.1) is 7.11 Å². The number of carbonyl (C=O) groups excluding carboxylic acids is 1. The van der Waals surface area contributed by atoms with Crippen LogP contribution in [0.25, 0.3) is 0 Å². The normalized spacial score (nSPS) is 11.5. The Labute approximate surface area is 96.0 Å². The number of hydrogen-bond acceptors (Lipinski definition) is 3. The molecule has 1 aromatic rings. The molecule has 1 rings (SSSR count). The molecular weight excluding hydrogens is 214 g/mol. The Morgan fingerprint density at radius 3 is 2.53 bits per heavy atom. The quantitative estimate of drug-likeness (QED) is 0.789. The number of esters is 1. The van der Waals surface area contributed by atoms with E-state index in [4.69, 9.17) is 5.73 Å². The molecule has 0 aromatic heterocycles. The fourth-order valence-corrected chi connectivity index (χ4v) is 1.35. The molecule has 0 bridgehead atoms. The second kappa shape index (κ2) is 5.73. The minimum absolute atomic E-state index is 0. The van der Waals surface area contributed by atoms with E-state index in [9.17, 15) is 4.79 Å². The summed E-state index contributed by atoms with van der Waals surface area (Å²) in [4.78, 5) is 11.2.